The van der Waals surface area contributed by atoms with E-state index < -0.39 is 28.1 Å². The monoisotopic (exact) mass is 227 g/mol. The second kappa shape index (κ2) is 3.73. The molecule has 0 aromatic heterocycles. The lowest BCUT2D eigenvalue weighted by molar-refractivity contribution is -0.0140. The fourth-order valence-corrected chi connectivity index (χ4v) is 2.90. The number of sulfone groups is 1. The van der Waals surface area contributed by atoms with Crippen molar-refractivity contribution >= 4 is 9.84 Å². The third-order valence-electron chi connectivity index (χ3n) is 2.29. The first-order valence-electron chi connectivity index (χ1n) is 4.54. The summed E-state index contributed by atoms with van der Waals surface area (Å²) < 4.78 is 48.6. The van der Waals surface area contributed by atoms with Crippen LogP contribution in [0.1, 0.15) is 13.8 Å². The molecule has 84 valence electrons. The molecule has 0 saturated carbocycles. The van der Waals surface area contributed by atoms with Crippen molar-refractivity contribution in [2.75, 3.05) is 24.6 Å². The van der Waals surface area contributed by atoms with Crippen molar-refractivity contribution < 1.29 is 17.2 Å². The molecule has 1 heterocycles. The molecule has 14 heavy (non-hydrogen) atoms. The van der Waals surface area contributed by atoms with Crippen molar-refractivity contribution in [3.8, 4) is 0 Å². The van der Waals surface area contributed by atoms with Gasteiger partial charge in [0.05, 0.1) is 12.3 Å². The maximum atomic E-state index is 13.1. The van der Waals surface area contributed by atoms with Crippen LogP contribution in [0.2, 0.25) is 0 Å². The number of nitrogens with zero attached hydrogens (tertiary/aromatic N) is 1. The lowest BCUT2D eigenvalue weighted by atomic mass is 10.2. The van der Waals surface area contributed by atoms with E-state index in [0.717, 1.165) is 0 Å². The zero-order chi connectivity index (χ0) is 11.0. The number of halogens is 2. The molecule has 0 amide bonds. The summed E-state index contributed by atoms with van der Waals surface area (Å²) in [5, 5.41) is 0. The number of hydrogen-bond donors (Lipinski definition) is 0. The summed E-state index contributed by atoms with van der Waals surface area (Å²) in [6.45, 7) is 3.32. The van der Waals surface area contributed by atoms with Crippen LogP contribution in [-0.2, 0) is 9.84 Å². The molecule has 0 unspecified atom stereocenters. The first-order valence-corrected chi connectivity index (χ1v) is 6.36. The summed E-state index contributed by atoms with van der Waals surface area (Å²) in [4.78, 5) is 1.50. The molecule has 0 radical (unpaired) electrons. The largest absolute Gasteiger partial charge is 0.294 e. The zero-order valence-electron chi connectivity index (χ0n) is 8.33. The van der Waals surface area contributed by atoms with E-state index in [4.69, 9.17) is 0 Å². The minimum Gasteiger partial charge on any atom is -0.294 e. The van der Waals surface area contributed by atoms with Gasteiger partial charge in [0, 0.05) is 12.6 Å². The van der Waals surface area contributed by atoms with E-state index >= 15 is 0 Å². The topological polar surface area (TPSA) is 37.4 Å². The number of hydrogen-bond acceptors (Lipinski definition) is 3. The van der Waals surface area contributed by atoms with Crippen LogP contribution in [0.3, 0.4) is 0 Å². The van der Waals surface area contributed by atoms with Gasteiger partial charge < -0.3 is 0 Å². The highest BCUT2D eigenvalue weighted by Crippen LogP contribution is 2.22. The Kier molecular flexibility index (Phi) is 3.16. The third kappa shape index (κ3) is 3.16. The molecule has 1 saturated heterocycles. The van der Waals surface area contributed by atoms with Crippen molar-refractivity contribution in [2.45, 2.75) is 25.8 Å². The average molecular weight is 227 g/mol. The van der Waals surface area contributed by atoms with Gasteiger partial charge >= 0.3 is 0 Å². The highest BCUT2D eigenvalue weighted by Gasteiger charge is 2.40. The van der Waals surface area contributed by atoms with Gasteiger partial charge in [-0.3, -0.25) is 4.90 Å². The predicted octanol–water partition coefficient (Wildman–Crippen LogP) is 0.761. The molecule has 0 spiro atoms. The standard InChI is InChI=1S/C8H15F2NO2S/c1-7(2)11-3-4-14(12,13)6-8(9,10)5-11/h7H,3-6H2,1-2H3. The van der Waals surface area contributed by atoms with Gasteiger partial charge in [0.1, 0.15) is 5.75 Å². The van der Waals surface area contributed by atoms with Crippen molar-refractivity contribution in [1.29, 1.82) is 0 Å². The minimum atomic E-state index is -3.58. The molecule has 6 heteroatoms. The van der Waals surface area contributed by atoms with Crippen molar-refractivity contribution in [1.82, 2.24) is 4.90 Å². The van der Waals surface area contributed by atoms with Crippen LogP contribution in [-0.4, -0.2) is 49.9 Å². The van der Waals surface area contributed by atoms with E-state index in [9.17, 15) is 17.2 Å². The Balaban J connectivity index is 2.85. The van der Waals surface area contributed by atoms with Crippen LogP contribution in [0.15, 0.2) is 0 Å². The van der Waals surface area contributed by atoms with E-state index in [0.29, 0.717) is 0 Å². The SMILES string of the molecule is CC(C)N1CCS(=O)(=O)CC(F)(F)C1. The fraction of sp³-hybridized carbons (Fsp3) is 1.00. The van der Waals surface area contributed by atoms with E-state index in [1.54, 1.807) is 13.8 Å². The molecule has 1 fully saturated rings. The highest BCUT2D eigenvalue weighted by molar-refractivity contribution is 7.91. The van der Waals surface area contributed by atoms with Crippen LogP contribution < -0.4 is 0 Å². The summed E-state index contributed by atoms with van der Waals surface area (Å²) in [5.41, 5.74) is 0. The Morgan fingerprint density at radius 1 is 1.36 bits per heavy atom. The Labute approximate surface area is 83.0 Å². The second-order valence-electron chi connectivity index (χ2n) is 4.01. The van der Waals surface area contributed by atoms with E-state index in [2.05, 4.69) is 0 Å². The van der Waals surface area contributed by atoms with Gasteiger partial charge in [-0.2, -0.15) is 0 Å². The summed E-state index contributed by atoms with van der Waals surface area (Å²) in [6.07, 6.45) is 0. The molecule has 0 N–H and O–H groups in total. The van der Waals surface area contributed by atoms with Crippen LogP contribution in [0.4, 0.5) is 8.78 Å². The van der Waals surface area contributed by atoms with Gasteiger partial charge in [-0.05, 0) is 13.8 Å². The minimum absolute atomic E-state index is 0.0471. The van der Waals surface area contributed by atoms with Crippen LogP contribution in [0, 0.1) is 0 Å². The first-order chi connectivity index (χ1) is 6.22. The Morgan fingerprint density at radius 3 is 2.43 bits per heavy atom. The van der Waals surface area contributed by atoms with E-state index in [1.807, 2.05) is 0 Å². The van der Waals surface area contributed by atoms with Gasteiger partial charge in [-0.1, -0.05) is 0 Å². The Morgan fingerprint density at radius 2 is 1.93 bits per heavy atom. The lowest BCUT2D eigenvalue weighted by Crippen LogP contribution is -2.41. The molecule has 0 aromatic carbocycles. The van der Waals surface area contributed by atoms with Gasteiger partial charge in [0.2, 0.25) is 0 Å². The quantitative estimate of drug-likeness (QED) is 0.663. The molecule has 1 rings (SSSR count). The van der Waals surface area contributed by atoms with Gasteiger partial charge in [-0.15, -0.1) is 0 Å². The van der Waals surface area contributed by atoms with Crippen molar-refractivity contribution in [2.24, 2.45) is 0 Å². The first kappa shape index (κ1) is 11.8. The molecule has 0 bridgehead atoms. The van der Waals surface area contributed by atoms with Gasteiger partial charge in [0.15, 0.2) is 9.84 Å². The highest BCUT2D eigenvalue weighted by atomic mass is 32.2. The maximum absolute atomic E-state index is 13.1. The summed E-state index contributed by atoms with van der Waals surface area (Å²) in [7, 11) is -3.58. The van der Waals surface area contributed by atoms with Gasteiger partial charge in [-0.25, -0.2) is 17.2 Å². The molecule has 0 aromatic rings. The average Bonchev–Trinajstić information content (AvgIpc) is 2.04. The number of rotatable bonds is 1. The third-order valence-corrected chi connectivity index (χ3v) is 3.95. The van der Waals surface area contributed by atoms with Crippen molar-refractivity contribution in [3.63, 3.8) is 0 Å². The molecule has 3 nitrogen and oxygen atoms in total. The predicted molar refractivity (Wildman–Crippen MR) is 50.3 cm³/mol. The van der Waals surface area contributed by atoms with Crippen LogP contribution in [0.25, 0.3) is 0 Å². The fourth-order valence-electron chi connectivity index (χ4n) is 1.51. The van der Waals surface area contributed by atoms with E-state index in [1.165, 1.54) is 4.90 Å². The summed E-state index contributed by atoms with van der Waals surface area (Å²) in [5.74, 6) is -4.29. The summed E-state index contributed by atoms with van der Waals surface area (Å²) in [6, 6.07) is -0.0471. The summed E-state index contributed by atoms with van der Waals surface area (Å²) >= 11 is 0. The maximum Gasteiger partial charge on any atom is 0.274 e. The lowest BCUT2D eigenvalue weighted by Gasteiger charge is -2.26. The Bertz CT molecular complexity index is 300. The molecular formula is C8H15F2NO2S. The van der Waals surface area contributed by atoms with E-state index in [-0.39, 0.29) is 18.3 Å². The molecule has 1 aliphatic rings. The van der Waals surface area contributed by atoms with Crippen molar-refractivity contribution in [3.05, 3.63) is 0 Å². The number of alkyl halides is 2. The molecule has 1 aliphatic heterocycles. The smallest absolute Gasteiger partial charge is 0.274 e. The molecule has 0 aliphatic carbocycles. The van der Waals surface area contributed by atoms with Crippen LogP contribution >= 0.6 is 0 Å². The normalized spacial score (nSPS) is 27.5. The second-order valence-corrected chi connectivity index (χ2v) is 6.20. The molecule has 0 atom stereocenters. The molecular weight excluding hydrogens is 212 g/mol. The van der Waals surface area contributed by atoms with Gasteiger partial charge in [0.25, 0.3) is 5.92 Å². The Hall–Kier alpha value is -0.230. The van der Waals surface area contributed by atoms with Crippen LogP contribution in [0.5, 0.6) is 0 Å². The zero-order valence-corrected chi connectivity index (χ0v) is 9.15.